The van der Waals surface area contributed by atoms with Crippen molar-refractivity contribution in [3.05, 3.63) is 155 Å². The van der Waals surface area contributed by atoms with E-state index in [4.69, 9.17) is 19.4 Å². The Bertz CT molecular complexity index is 2840. The summed E-state index contributed by atoms with van der Waals surface area (Å²) < 4.78 is 43.5. The molecular weight excluding hydrogens is 843 g/mol. The normalized spacial score (nSPS) is 14.7. The molecule has 0 bridgehead atoms. The first-order chi connectivity index (χ1) is 32.1. The molecule has 8 aromatic rings. The van der Waals surface area contributed by atoms with Gasteiger partial charge in [0, 0.05) is 60.6 Å². The maximum absolute atomic E-state index is 14.5. The van der Waals surface area contributed by atoms with Crippen molar-refractivity contribution in [2.45, 2.75) is 51.4 Å². The van der Waals surface area contributed by atoms with Crippen molar-refractivity contribution in [1.82, 2.24) is 49.5 Å². The van der Waals surface area contributed by atoms with Crippen LogP contribution in [0.25, 0.3) is 11.4 Å². The molecule has 0 spiro atoms. The summed E-state index contributed by atoms with van der Waals surface area (Å²) in [6, 6.07) is 25.1. The Kier molecular flexibility index (Phi) is 12.2. The number of methoxy groups -OCH3 is 2. The van der Waals surface area contributed by atoms with E-state index in [0.717, 1.165) is 82.6 Å². The summed E-state index contributed by atoms with van der Waals surface area (Å²) in [5, 5.41) is 21.6. The molecular formula is C48H48F2N14O2. The van der Waals surface area contributed by atoms with Crippen molar-refractivity contribution in [3.8, 4) is 22.9 Å². The summed E-state index contributed by atoms with van der Waals surface area (Å²) in [5.74, 6) is 4.36. The van der Waals surface area contributed by atoms with Gasteiger partial charge >= 0.3 is 0 Å². The van der Waals surface area contributed by atoms with Gasteiger partial charge in [-0.25, -0.2) is 38.1 Å². The van der Waals surface area contributed by atoms with E-state index >= 15 is 0 Å². The van der Waals surface area contributed by atoms with Crippen molar-refractivity contribution in [2.24, 2.45) is 0 Å². The van der Waals surface area contributed by atoms with Crippen LogP contribution in [0, 0.1) is 25.5 Å². The summed E-state index contributed by atoms with van der Waals surface area (Å²) in [6.07, 6.45) is 6.47. The van der Waals surface area contributed by atoms with Crippen LogP contribution < -0.4 is 30.7 Å². The maximum Gasteiger partial charge on any atom is 0.229 e. The number of halogens is 2. The first-order valence-electron chi connectivity index (χ1n) is 21.5. The monoisotopic (exact) mass is 890 g/mol. The Morgan fingerprint density at radius 2 is 1.00 bits per heavy atom. The lowest BCUT2D eigenvalue weighted by Crippen LogP contribution is -2.09. The molecule has 2 aliphatic rings. The molecule has 0 amide bonds. The van der Waals surface area contributed by atoms with Gasteiger partial charge < -0.3 is 30.7 Å². The quantitative estimate of drug-likeness (QED) is 0.0915. The van der Waals surface area contributed by atoms with Crippen LogP contribution in [0.2, 0.25) is 0 Å². The largest absolute Gasteiger partial charge is 0.494 e. The highest BCUT2D eigenvalue weighted by Gasteiger charge is 2.32. The zero-order chi connectivity index (χ0) is 45.9. The van der Waals surface area contributed by atoms with Gasteiger partial charge in [0.2, 0.25) is 11.9 Å². The van der Waals surface area contributed by atoms with Crippen molar-refractivity contribution in [2.75, 3.05) is 49.6 Å². The van der Waals surface area contributed by atoms with Crippen LogP contribution in [-0.4, -0.2) is 77.8 Å². The topological polar surface area (TPSA) is 180 Å². The second-order valence-corrected chi connectivity index (χ2v) is 15.7. The molecule has 0 fully saturated rings. The van der Waals surface area contributed by atoms with Crippen LogP contribution in [0.4, 0.5) is 43.7 Å². The number of aryl methyl sites for hydroxylation is 2. The highest BCUT2D eigenvalue weighted by Crippen LogP contribution is 2.43. The maximum atomic E-state index is 14.5. The third-order valence-electron chi connectivity index (χ3n) is 11.7. The van der Waals surface area contributed by atoms with E-state index in [1.165, 1.54) is 12.1 Å². The van der Waals surface area contributed by atoms with Gasteiger partial charge in [-0.2, -0.15) is 20.2 Å². The van der Waals surface area contributed by atoms with E-state index in [0.29, 0.717) is 46.2 Å². The minimum Gasteiger partial charge on any atom is -0.494 e. The number of ether oxygens (including phenoxy) is 2. The van der Waals surface area contributed by atoms with Gasteiger partial charge in [-0.15, -0.1) is 0 Å². The van der Waals surface area contributed by atoms with Crippen LogP contribution in [0.15, 0.2) is 97.6 Å². The second kappa shape index (κ2) is 18.6. The summed E-state index contributed by atoms with van der Waals surface area (Å²) in [6.45, 7) is 3.66. The molecule has 0 saturated heterocycles. The van der Waals surface area contributed by atoms with Crippen LogP contribution in [-0.2, 0) is 12.8 Å². The average Bonchev–Trinajstić information content (AvgIpc) is 4.16. The lowest BCUT2D eigenvalue weighted by molar-refractivity contribution is 0.412. The predicted octanol–water partition coefficient (Wildman–Crippen LogP) is 8.75. The molecule has 18 heteroatoms. The summed E-state index contributed by atoms with van der Waals surface area (Å²) in [4.78, 5) is 27.3. The van der Waals surface area contributed by atoms with Crippen LogP contribution >= 0.6 is 0 Å². The summed E-state index contributed by atoms with van der Waals surface area (Å²) in [5.41, 5.74) is 8.16. The van der Waals surface area contributed by atoms with Gasteiger partial charge in [0.15, 0.2) is 0 Å². The smallest absolute Gasteiger partial charge is 0.229 e. The Balaban J connectivity index is 0.000000166. The highest BCUT2D eigenvalue weighted by molar-refractivity contribution is 5.66. The molecule has 336 valence electrons. The molecule has 0 radical (unpaired) electrons. The van der Waals surface area contributed by atoms with Gasteiger partial charge in [0.25, 0.3) is 0 Å². The van der Waals surface area contributed by atoms with Crippen LogP contribution in [0.1, 0.15) is 70.0 Å². The van der Waals surface area contributed by atoms with E-state index in [1.807, 2.05) is 88.6 Å². The molecule has 4 aromatic heterocycles. The van der Waals surface area contributed by atoms with Gasteiger partial charge in [0.05, 0.1) is 25.6 Å². The number of nitrogens with zero attached hydrogens (tertiary/aromatic N) is 10. The van der Waals surface area contributed by atoms with Crippen molar-refractivity contribution in [3.63, 3.8) is 0 Å². The number of hydrogen-bond donors (Lipinski definition) is 4. The fourth-order valence-corrected chi connectivity index (χ4v) is 8.64. The zero-order valence-corrected chi connectivity index (χ0v) is 37.3. The Morgan fingerprint density at radius 1 is 0.576 bits per heavy atom. The van der Waals surface area contributed by atoms with Crippen molar-refractivity contribution in [1.29, 1.82) is 0 Å². The molecule has 0 aliphatic heterocycles. The molecule has 2 atom stereocenters. The van der Waals surface area contributed by atoms with E-state index < -0.39 is 0 Å². The van der Waals surface area contributed by atoms with E-state index in [2.05, 4.69) is 51.4 Å². The zero-order valence-electron chi connectivity index (χ0n) is 37.3. The SMILES string of the molecule is CNc1nc(Nc2ccc(-n3cnc(C)n3)c(OC)c2)nc2c1CC[C@@H]2c1ccccc1F.CNc1nc(Nc2ccc(-n3cnc(C)n3)c(OC)c2)nc2c1CC[C@H]2c1ccccc1F. The molecule has 4 aromatic carbocycles. The lowest BCUT2D eigenvalue weighted by atomic mass is 9.96. The van der Waals surface area contributed by atoms with Crippen molar-refractivity contribution < 1.29 is 18.3 Å². The molecule has 4 heterocycles. The summed E-state index contributed by atoms with van der Waals surface area (Å²) >= 11 is 0. The molecule has 10 rings (SSSR count). The molecule has 4 N–H and O–H groups in total. The van der Waals surface area contributed by atoms with E-state index in [9.17, 15) is 8.78 Å². The van der Waals surface area contributed by atoms with E-state index in [1.54, 1.807) is 48.4 Å². The van der Waals surface area contributed by atoms with Gasteiger partial charge in [-0.05, 0) is 87.1 Å². The fourth-order valence-electron chi connectivity index (χ4n) is 8.64. The molecule has 66 heavy (non-hydrogen) atoms. The third kappa shape index (κ3) is 8.64. The van der Waals surface area contributed by atoms with Gasteiger partial charge in [-0.3, -0.25) is 0 Å². The summed E-state index contributed by atoms with van der Waals surface area (Å²) in [7, 11) is 6.88. The first kappa shape index (κ1) is 43.2. The Hall–Kier alpha value is -8.02. The molecule has 2 aliphatic carbocycles. The van der Waals surface area contributed by atoms with Gasteiger partial charge in [0.1, 0.15) is 70.4 Å². The van der Waals surface area contributed by atoms with E-state index in [-0.39, 0.29) is 23.5 Å². The lowest BCUT2D eigenvalue weighted by Gasteiger charge is -2.16. The Labute approximate surface area is 379 Å². The average molecular weight is 891 g/mol. The Morgan fingerprint density at radius 3 is 1.36 bits per heavy atom. The van der Waals surface area contributed by atoms with Gasteiger partial charge in [-0.1, -0.05) is 36.4 Å². The fraction of sp³-hybridized carbons (Fsp3) is 0.250. The molecule has 0 saturated carbocycles. The van der Waals surface area contributed by atoms with Crippen molar-refractivity contribution >= 4 is 34.9 Å². The second-order valence-electron chi connectivity index (χ2n) is 15.7. The standard InChI is InChI=1S/2C24H24FN7O/c2*1-14-27-13-32(31-14)20-11-8-15(12-21(20)33-3)28-24-29-22-17(16-6-4-5-7-19(16)25)9-10-18(22)23(26-2)30-24/h2*4-8,11-13,17H,9-10H2,1-3H3,(H2,26,28,29,30)/t2*17-/m10/s1. The number of nitrogens with one attached hydrogen (secondary N) is 4. The highest BCUT2D eigenvalue weighted by atomic mass is 19.1. The number of aromatic nitrogens is 10. The molecule has 16 nitrogen and oxygen atoms in total. The number of benzene rings is 4. The number of hydrogen-bond acceptors (Lipinski definition) is 14. The minimum atomic E-state index is -0.210. The van der Waals surface area contributed by atoms with Crippen LogP contribution in [0.3, 0.4) is 0 Å². The number of anilines is 6. The number of rotatable bonds is 12. The van der Waals surface area contributed by atoms with Crippen LogP contribution in [0.5, 0.6) is 11.5 Å². The first-order valence-corrected chi connectivity index (χ1v) is 21.5. The molecule has 0 unspecified atom stereocenters. The number of fused-ring (bicyclic) bond motifs is 2. The predicted molar refractivity (Wildman–Crippen MR) is 248 cm³/mol. The minimum absolute atomic E-state index is 0.107. The third-order valence-corrected chi connectivity index (χ3v) is 11.7.